The molecule has 1 aromatic rings. The summed E-state index contributed by atoms with van der Waals surface area (Å²) in [7, 11) is 1.52. The molecule has 2 heterocycles. The third kappa shape index (κ3) is 3.49. The molecule has 110 valence electrons. The van der Waals surface area contributed by atoms with E-state index in [9.17, 15) is 14.7 Å². The van der Waals surface area contributed by atoms with Gasteiger partial charge in [-0.1, -0.05) is 0 Å². The predicted molar refractivity (Wildman–Crippen MR) is 73.3 cm³/mol. The Hall–Kier alpha value is -1.60. The molecule has 2 unspecified atom stereocenters. The fraction of sp³-hybridized carbons (Fsp3) is 0.538. The summed E-state index contributed by atoms with van der Waals surface area (Å²) in [6.45, 7) is 1.02. The molecule has 1 amide bonds. The van der Waals surface area contributed by atoms with Crippen LogP contribution < -0.4 is 10.1 Å². The van der Waals surface area contributed by atoms with Gasteiger partial charge in [0, 0.05) is 24.0 Å². The molecule has 2 rings (SSSR count). The predicted octanol–water partition coefficient (Wildman–Crippen LogP) is 1.37. The zero-order valence-electron chi connectivity index (χ0n) is 11.1. The van der Waals surface area contributed by atoms with Crippen molar-refractivity contribution in [2.45, 2.75) is 18.9 Å². The highest BCUT2D eigenvalue weighted by molar-refractivity contribution is 7.12. The molecule has 1 saturated heterocycles. The van der Waals surface area contributed by atoms with Gasteiger partial charge in [0.1, 0.15) is 11.8 Å². The van der Waals surface area contributed by atoms with Crippen molar-refractivity contribution in [2.24, 2.45) is 5.92 Å². The lowest BCUT2D eigenvalue weighted by molar-refractivity contribution is -0.142. The van der Waals surface area contributed by atoms with E-state index in [1.807, 2.05) is 0 Å². The van der Waals surface area contributed by atoms with Crippen LogP contribution in [-0.4, -0.2) is 43.3 Å². The minimum absolute atomic E-state index is 0.188. The van der Waals surface area contributed by atoms with E-state index in [-0.39, 0.29) is 5.92 Å². The van der Waals surface area contributed by atoms with Gasteiger partial charge in [0.2, 0.25) is 0 Å². The number of aliphatic carboxylic acids is 1. The Morgan fingerprint density at radius 1 is 1.60 bits per heavy atom. The number of hydrogen-bond donors (Lipinski definition) is 2. The summed E-state index contributed by atoms with van der Waals surface area (Å²) in [5.41, 5.74) is 0. The van der Waals surface area contributed by atoms with E-state index in [2.05, 4.69) is 5.32 Å². The third-order valence-corrected chi connectivity index (χ3v) is 4.16. The van der Waals surface area contributed by atoms with Crippen LogP contribution >= 0.6 is 11.3 Å². The second kappa shape index (κ2) is 6.71. The van der Waals surface area contributed by atoms with Crippen molar-refractivity contribution in [3.63, 3.8) is 0 Å². The van der Waals surface area contributed by atoms with Gasteiger partial charge in [0.05, 0.1) is 18.6 Å². The molecule has 1 aromatic heterocycles. The zero-order valence-corrected chi connectivity index (χ0v) is 11.9. The second-order valence-electron chi connectivity index (χ2n) is 4.62. The van der Waals surface area contributed by atoms with Crippen molar-refractivity contribution >= 4 is 23.2 Å². The summed E-state index contributed by atoms with van der Waals surface area (Å²) in [4.78, 5) is 23.8. The average molecular weight is 299 g/mol. The van der Waals surface area contributed by atoms with Gasteiger partial charge in [-0.15, -0.1) is 11.3 Å². The number of carbonyl (C=O) groups is 2. The maximum atomic E-state index is 12.1. The third-order valence-electron chi connectivity index (χ3n) is 3.25. The van der Waals surface area contributed by atoms with Crippen LogP contribution in [0, 0.1) is 5.92 Å². The number of methoxy groups -OCH3 is 1. The normalized spacial score (nSPS) is 20.1. The Morgan fingerprint density at radius 2 is 2.40 bits per heavy atom. The molecule has 6 nitrogen and oxygen atoms in total. The average Bonchev–Trinajstić information content (AvgIpc) is 2.94. The zero-order chi connectivity index (χ0) is 14.5. The Kier molecular flexibility index (Phi) is 4.97. The van der Waals surface area contributed by atoms with Gasteiger partial charge in [0.15, 0.2) is 0 Å². The first-order valence-electron chi connectivity index (χ1n) is 6.35. The van der Waals surface area contributed by atoms with E-state index in [1.54, 1.807) is 11.4 Å². The number of thiophene rings is 1. The molecule has 0 saturated carbocycles. The lowest BCUT2D eigenvalue weighted by Gasteiger charge is -2.27. The van der Waals surface area contributed by atoms with E-state index in [4.69, 9.17) is 9.47 Å². The number of hydrogen-bond acceptors (Lipinski definition) is 5. The minimum Gasteiger partial charge on any atom is -0.496 e. The van der Waals surface area contributed by atoms with Crippen molar-refractivity contribution < 1.29 is 24.2 Å². The minimum atomic E-state index is -1.03. The first-order valence-corrected chi connectivity index (χ1v) is 7.23. The molecule has 0 bridgehead atoms. The van der Waals surface area contributed by atoms with Gasteiger partial charge in [0.25, 0.3) is 5.91 Å². The monoisotopic (exact) mass is 299 g/mol. The molecular weight excluding hydrogens is 282 g/mol. The first-order chi connectivity index (χ1) is 9.61. The summed E-state index contributed by atoms with van der Waals surface area (Å²) < 4.78 is 10.3. The van der Waals surface area contributed by atoms with Crippen LogP contribution in [0.2, 0.25) is 0 Å². The Bertz CT molecular complexity index is 481. The van der Waals surface area contributed by atoms with Crippen molar-refractivity contribution in [1.82, 2.24) is 5.32 Å². The summed E-state index contributed by atoms with van der Waals surface area (Å²) in [5.74, 6) is -1.02. The van der Waals surface area contributed by atoms with E-state index in [0.29, 0.717) is 23.8 Å². The van der Waals surface area contributed by atoms with Crippen molar-refractivity contribution in [1.29, 1.82) is 0 Å². The molecule has 1 aliphatic rings. The number of carboxylic acids is 1. The first kappa shape index (κ1) is 14.8. The summed E-state index contributed by atoms with van der Waals surface area (Å²) in [6, 6.07) is 0.673. The molecule has 0 aromatic carbocycles. The van der Waals surface area contributed by atoms with Crippen LogP contribution in [0.4, 0.5) is 0 Å². The molecule has 2 atom stereocenters. The molecule has 1 fully saturated rings. The smallest absolute Gasteiger partial charge is 0.326 e. The van der Waals surface area contributed by atoms with Gasteiger partial charge in [-0.2, -0.15) is 0 Å². The van der Waals surface area contributed by atoms with E-state index < -0.39 is 17.9 Å². The number of carbonyl (C=O) groups excluding carboxylic acids is 1. The molecule has 0 radical (unpaired) electrons. The second-order valence-corrected chi connectivity index (χ2v) is 5.53. The lowest BCUT2D eigenvalue weighted by Crippen LogP contribution is -2.48. The Morgan fingerprint density at radius 3 is 2.95 bits per heavy atom. The van der Waals surface area contributed by atoms with Gasteiger partial charge < -0.3 is 19.9 Å². The molecule has 20 heavy (non-hydrogen) atoms. The van der Waals surface area contributed by atoms with Crippen LogP contribution in [0.25, 0.3) is 0 Å². The molecule has 0 aliphatic carbocycles. The number of nitrogens with one attached hydrogen (secondary N) is 1. The fourth-order valence-electron chi connectivity index (χ4n) is 2.17. The summed E-state index contributed by atoms with van der Waals surface area (Å²) >= 11 is 1.22. The fourth-order valence-corrected chi connectivity index (χ4v) is 2.92. The van der Waals surface area contributed by atoms with Crippen LogP contribution in [0.15, 0.2) is 11.4 Å². The molecule has 1 aliphatic heterocycles. The highest BCUT2D eigenvalue weighted by atomic mass is 32.1. The Labute approximate surface area is 120 Å². The van der Waals surface area contributed by atoms with E-state index in [1.165, 1.54) is 18.4 Å². The van der Waals surface area contributed by atoms with Crippen molar-refractivity contribution in [3.8, 4) is 5.75 Å². The van der Waals surface area contributed by atoms with Crippen LogP contribution in [0.3, 0.4) is 0 Å². The van der Waals surface area contributed by atoms with Gasteiger partial charge >= 0.3 is 5.97 Å². The highest BCUT2D eigenvalue weighted by Crippen LogP contribution is 2.22. The maximum Gasteiger partial charge on any atom is 0.326 e. The van der Waals surface area contributed by atoms with Gasteiger partial charge in [-0.05, 0) is 12.8 Å². The van der Waals surface area contributed by atoms with Gasteiger partial charge in [-0.25, -0.2) is 4.79 Å². The number of rotatable bonds is 5. The molecule has 7 heteroatoms. The maximum absolute atomic E-state index is 12.1. The Balaban J connectivity index is 2.03. The van der Waals surface area contributed by atoms with E-state index >= 15 is 0 Å². The SMILES string of the molecule is COc1csc(C(=O)NC(C(=O)O)C2CCCOC2)c1. The number of amides is 1. The van der Waals surface area contributed by atoms with Crippen molar-refractivity contribution in [2.75, 3.05) is 20.3 Å². The number of carboxylic acid groups (broad SMARTS) is 1. The quantitative estimate of drug-likeness (QED) is 0.857. The van der Waals surface area contributed by atoms with Crippen LogP contribution in [0.1, 0.15) is 22.5 Å². The standard InChI is InChI=1S/C13H17NO5S/c1-18-9-5-10(20-7-9)12(15)14-11(13(16)17)8-3-2-4-19-6-8/h5,7-8,11H,2-4,6H2,1H3,(H,14,15)(H,16,17). The number of ether oxygens (including phenoxy) is 2. The van der Waals surface area contributed by atoms with Crippen LogP contribution in [-0.2, 0) is 9.53 Å². The molecular formula is C13H17NO5S. The van der Waals surface area contributed by atoms with E-state index in [0.717, 1.165) is 12.8 Å². The highest BCUT2D eigenvalue weighted by Gasteiger charge is 2.31. The van der Waals surface area contributed by atoms with Crippen molar-refractivity contribution in [3.05, 3.63) is 16.3 Å². The largest absolute Gasteiger partial charge is 0.496 e. The summed E-state index contributed by atoms with van der Waals surface area (Å²) in [6.07, 6.45) is 1.56. The molecule has 0 spiro atoms. The molecule has 2 N–H and O–H groups in total. The summed E-state index contributed by atoms with van der Waals surface area (Å²) in [5, 5.41) is 13.6. The lowest BCUT2D eigenvalue weighted by atomic mass is 9.93. The van der Waals surface area contributed by atoms with Gasteiger partial charge in [-0.3, -0.25) is 4.79 Å². The van der Waals surface area contributed by atoms with Crippen LogP contribution in [0.5, 0.6) is 5.75 Å². The topological polar surface area (TPSA) is 84.9 Å².